The van der Waals surface area contributed by atoms with Crippen molar-refractivity contribution in [3.05, 3.63) is 10.6 Å². The summed E-state index contributed by atoms with van der Waals surface area (Å²) >= 11 is 1.66. The highest BCUT2D eigenvalue weighted by Gasteiger charge is 2.18. The fraction of sp³-hybridized carbons (Fsp3) is 0.714. The van der Waals surface area contributed by atoms with Crippen molar-refractivity contribution in [3.63, 3.8) is 0 Å². The summed E-state index contributed by atoms with van der Waals surface area (Å²) in [5, 5.41) is 7.19. The molecule has 1 aliphatic heterocycles. The molecule has 1 aliphatic carbocycles. The zero-order valence-electron chi connectivity index (χ0n) is 11.2. The summed E-state index contributed by atoms with van der Waals surface area (Å²) in [6.07, 6.45) is 8.69. The molecule has 5 heteroatoms. The Morgan fingerprint density at radius 2 is 2.26 bits per heavy atom. The number of fused-ring (bicyclic) bond motifs is 1. The van der Waals surface area contributed by atoms with Crippen LogP contribution in [0, 0.1) is 0 Å². The Hall–Kier alpha value is -0.940. The molecule has 1 amide bonds. The second kappa shape index (κ2) is 6.01. The summed E-state index contributed by atoms with van der Waals surface area (Å²) in [6, 6.07) is 0.537. The number of carbonyl (C=O) groups excluding carboxylic acids is 1. The predicted molar refractivity (Wildman–Crippen MR) is 77.6 cm³/mol. The second-order valence-electron chi connectivity index (χ2n) is 5.48. The molecule has 2 N–H and O–H groups in total. The quantitative estimate of drug-likeness (QED) is 0.890. The van der Waals surface area contributed by atoms with E-state index < -0.39 is 0 Å². The van der Waals surface area contributed by atoms with Crippen LogP contribution >= 0.6 is 11.3 Å². The molecule has 0 bridgehead atoms. The van der Waals surface area contributed by atoms with E-state index in [0.717, 1.165) is 30.9 Å². The molecule has 2 heterocycles. The average molecular weight is 279 g/mol. The highest BCUT2D eigenvalue weighted by molar-refractivity contribution is 7.15. The van der Waals surface area contributed by atoms with Crippen LogP contribution in [0.5, 0.6) is 0 Å². The number of nitrogens with zero attached hydrogens (tertiary/aromatic N) is 1. The van der Waals surface area contributed by atoms with E-state index >= 15 is 0 Å². The van der Waals surface area contributed by atoms with Gasteiger partial charge in [0, 0.05) is 17.3 Å². The summed E-state index contributed by atoms with van der Waals surface area (Å²) in [4.78, 5) is 17.8. The molecule has 3 rings (SSSR count). The van der Waals surface area contributed by atoms with E-state index in [9.17, 15) is 4.79 Å². The van der Waals surface area contributed by atoms with Crippen LogP contribution in [0.25, 0.3) is 0 Å². The Morgan fingerprint density at radius 1 is 1.37 bits per heavy atom. The molecule has 1 aromatic rings. The number of thiazole rings is 1. The van der Waals surface area contributed by atoms with Gasteiger partial charge in [-0.05, 0) is 51.5 Å². The van der Waals surface area contributed by atoms with E-state index in [0.29, 0.717) is 12.5 Å². The molecule has 1 saturated heterocycles. The van der Waals surface area contributed by atoms with Crippen LogP contribution in [0.3, 0.4) is 0 Å². The van der Waals surface area contributed by atoms with Crippen LogP contribution in [0.1, 0.15) is 49.1 Å². The van der Waals surface area contributed by atoms with E-state index in [2.05, 4.69) is 15.6 Å². The summed E-state index contributed by atoms with van der Waals surface area (Å²) in [7, 11) is 0. The standard InChI is InChI=1S/C14H21N3OS/c18-13(8-7-10-4-3-9-15-10)17-14-16-11-5-1-2-6-12(11)19-14/h10,15H,1-9H2,(H,16,17,18). The summed E-state index contributed by atoms with van der Waals surface area (Å²) in [5.74, 6) is 0.111. The molecule has 2 aliphatic rings. The van der Waals surface area contributed by atoms with Crippen molar-refractivity contribution in [3.8, 4) is 0 Å². The van der Waals surface area contributed by atoms with Crippen LogP contribution in [0.15, 0.2) is 0 Å². The second-order valence-corrected chi connectivity index (χ2v) is 6.56. The monoisotopic (exact) mass is 279 g/mol. The zero-order valence-corrected chi connectivity index (χ0v) is 12.0. The summed E-state index contributed by atoms with van der Waals surface area (Å²) in [5.41, 5.74) is 1.21. The minimum Gasteiger partial charge on any atom is -0.314 e. The molecular formula is C14H21N3OS. The number of aryl methyl sites for hydroxylation is 2. The third-order valence-corrected chi connectivity index (χ3v) is 5.05. The van der Waals surface area contributed by atoms with Crippen LogP contribution in [-0.4, -0.2) is 23.5 Å². The minimum atomic E-state index is 0.111. The van der Waals surface area contributed by atoms with Gasteiger partial charge in [0.1, 0.15) is 0 Å². The van der Waals surface area contributed by atoms with Gasteiger partial charge in [0.2, 0.25) is 5.91 Å². The van der Waals surface area contributed by atoms with Gasteiger partial charge in [-0.3, -0.25) is 4.79 Å². The molecule has 104 valence electrons. The third-order valence-electron chi connectivity index (χ3n) is 3.97. The average Bonchev–Trinajstić information content (AvgIpc) is 3.04. The van der Waals surface area contributed by atoms with E-state index in [1.807, 2.05) is 0 Å². The van der Waals surface area contributed by atoms with Gasteiger partial charge in [0.25, 0.3) is 0 Å². The maximum absolute atomic E-state index is 11.9. The van der Waals surface area contributed by atoms with Crippen LogP contribution < -0.4 is 10.6 Å². The Balaban J connectivity index is 1.49. The smallest absolute Gasteiger partial charge is 0.226 e. The highest BCUT2D eigenvalue weighted by atomic mass is 32.1. The van der Waals surface area contributed by atoms with Gasteiger partial charge in [0.05, 0.1) is 5.69 Å². The number of anilines is 1. The molecule has 0 radical (unpaired) electrons. The van der Waals surface area contributed by atoms with Crippen molar-refractivity contribution in [2.24, 2.45) is 0 Å². The molecule has 4 nitrogen and oxygen atoms in total. The van der Waals surface area contributed by atoms with Gasteiger partial charge < -0.3 is 10.6 Å². The maximum Gasteiger partial charge on any atom is 0.226 e. The number of amides is 1. The minimum absolute atomic E-state index is 0.111. The molecular weight excluding hydrogens is 258 g/mol. The lowest BCUT2D eigenvalue weighted by Gasteiger charge is -2.08. The van der Waals surface area contributed by atoms with Crippen molar-refractivity contribution in [2.45, 2.75) is 57.4 Å². The number of nitrogens with one attached hydrogen (secondary N) is 2. The molecule has 0 spiro atoms. The van der Waals surface area contributed by atoms with E-state index in [4.69, 9.17) is 0 Å². The molecule has 1 unspecified atom stereocenters. The van der Waals surface area contributed by atoms with Gasteiger partial charge in [-0.25, -0.2) is 4.98 Å². The number of carbonyl (C=O) groups is 1. The molecule has 1 aromatic heterocycles. The van der Waals surface area contributed by atoms with Gasteiger partial charge in [-0.2, -0.15) is 0 Å². The van der Waals surface area contributed by atoms with Crippen LogP contribution in [0.4, 0.5) is 5.13 Å². The zero-order chi connectivity index (χ0) is 13.1. The van der Waals surface area contributed by atoms with Crippen molar-refractivity contribution >= 4 is 22.4 Å². The van der Waals surface area contributed by atoms with E-state index in [1.165, 1.54) is 36.3 Å². The third kappa shape index (κ3) is 3.34. The predicted octanol–water partition coefficient (Wildman–Crippen LogP) is 2.49. The number of hydrogen-bond acceptors (Lipinski definition) is 4. The van der Waals surface area contributed by atoms with Gasteiger partial charge in [-0.15, -0.1) is 11.3 Å². The Morgan fingerprint density at radius 3 is 3.05 bits per heavy atom. The Bertz CT molecular complexity index is 428. The topological polar surface area (TPSA) is 54.0 Å². The highest BCUT2D eigenvalue weighted by Crippen LogP contribution is 2.29. The SMILES string of the molecule is O=C(CCC1CCCN1)Nc1nc2c(s1)CCCC2. The molecule has 1 atom stereocenters. The Labute approximate surface area is 118 Å². The summed E-state index contributed by atoms with van der Waals surface area (Å²) < 4.78 is 0. The molecule has 1 fully saturated rings. The first-order chi connectivity index (χ1) is 9.31. The van der Waals surface area contributed by atoms with Gasteiger partial charge >= 0.3 is 0 Å². The largest absolute Gasteiger partial charge is 0.314 e. The molecule has 0 saturated carbocycles. The number of aromatic nitrogens is 1. The molecule has 19 heavy (non-hydrogen) atoms. The van der Waals surface area contributed by atoms with Crippen molar-refractivity contribution in [1.29, 1.82) is 0 Å². The first-order valence-electron chi connectivity index (χ1n) is 7.33. The first-order valence-corrected chi connectivity index (χ1v) is 8.15. The fourth-order valence-electron chi connectivity index (χ4n) is 2.90. The van der Waals surface area contributed by atoms with Crippen molar-refractivity contribution in [1.82, 2.24) is 10.3 Å². The van der Waals surface area contributed by atoms with Crippen LogP contribution in [0.2, 0.25) is 0 Å². The van der Waals surface area contributed by atoms with Crippen molar-refractivity contribution < 1.29 is 4.79 Å². The lowest BCUT2D eigenvalue weighted by molar-refractivity contribution is -0.116. The normalized spacial score (nSPS) is 22.2. The molecule has 0 aromatic carbocycles. The first kappa shape index (κ1) is 13.1. The number of rotatable bonds is 4. The Kier molecular flexibility index (Phi) is 4.13. The lowest BCUT2D eigenvalue weighted by Crippen LogP contribution is -2.23. The van der Waals surface area contributed by atoms with E-state index in [1.54, 1.807) is 11.3 Å². The van der Waals surface area contributed by atoms with Crippen LogP contribution in [-0.2, 0) is 17.6 Å². The summed E-state index contributed by atoms with van der Waals surface area (Å²) in [6.45, 7) is 1.10. The van der Waals surface area contributed by atoms with Gasteiger partial charge in [0.15, 0.2) is 5.13 Å². The maximum atomic E-state index is 11.9. The van der Waals surface area contributed by atoms with Crippen molar-refractivity contribution in [2.75, 3.05) is 11.9 Å². The number of hydrogen-bond donors (Lipinski definition) is 2. The fourth-order valence-corrected chi connectivity index (χ4v) is 3.96. The van der Waals surface area contributed by atoms with Gasteiger partial charge in [-0.1, -0.05) is 0 Å². The lowest BCUT2D eigenvalue weighted by atomic mass is 10.0. The van der Waals surface area contributed by atoms with E-state index in [-0.39, 0.29) is 5.91 Å².